The Morgan fingerprint density at radius 1 is 1.18 bits per heavy atom. The van der Waals surface area contributed by atoms with Gasteiger partial charge in [-0.2, -0.15) is 0 Å². The summed E-state index contributed by atoms with van der Waals surface area (Å²) in [5, 5.41) is 5.84. The lowest BCUT2D eigenvalue weighted by atomic mass is 9.85. The molecule has 5 heteroatoms. The third kappa shape index (κ3) is 4.23. The Labute approximate surface area is 130 Å². The van der Waals surface area contributed by atoms with E-state index in [-0.39, 0.29) is 24.3 Å². The van der Waals surface area contributed by atoms with Crippen molar-refractivity contribution in [3.05, 3.63) is 29.8 Å². The number of rotatable bonds is 7. The fourth-order valence-electron chi connectivity index (χ4n) is 2.40. The molecule has 0 saturated heterocycles. The van der Waals surface area contributed by atoms with E-state index in [4.69, 9.17) is 4.74 Å². The lowest BCUT2D eigenvalue weighted by Gasteiger charge is -2.24. The molecule has 0 atom stereocenters. The summed E-state index contributed by atoms with van der Waals surface area (Å²) in [7, 11) is 0. The van der Waals surface area contributed by atoms with Gasteiger partial charge in [0.2, 0.25) is 5.91 Å². The van der Waals surface area contributed by atoms with Crippen LogP contribution < -0.4 is 15.4 Å². The van der Waals surface area contributed by atoms with Crippen molar-refractivity contribution >= 4 is 11.8 Å². The molecule has 22 heavy (non-hydrogen) atoms. The van der Waals surface area contributed by atoms with Crippen LogP contribution >= 0.6 is 0 Å². The van der Waals surface area contributed by atoms with Gasteiger partial charge in [0.1, 0.15) is 5.75 Å². The van der Waals surface area contributed by atoms with E-state index >= 15 is 0 Å². The zero-order valence-electron chi connectivity index (χ0n) is 12.6. The van der Waals surface area contributed by atoms with Crippen LogP contribution in [0.1, 0.15) is 37.7 Å². The Balaban J connectivity index is 1.44. The van der Waals surface area contributed by atoms with Gasteiger partial charge in [0.15, 0.2) is 6.61 Å². The van der Waals surface area contributed by atoms with Crippen LogP contribution in [-0.2, 0) is 16.1 Å². The van der Waals surface area contributed by atoms with E-state index in [9.17, 15) is 9.59 Å². The molecule has 0 radical (unpaired) electrons. The first-order valence-electron chi connectivity index (χ1n) is 7.99. The summed E-state index contributed by atoms with van der Waals surface area (Å²) in [6, 6.07) is 7.86. The minimum atomic E-state index is -0.0776. The molecule has 2 aliphatic rings. The van der Waals surface area contributed by atoms with Gasteiger partial charge in [-0.15, -0.1) is 0 Å². The fourth-order valence-corrected chi connectivity index (χ4v) is 2.40. The maximum atomic E-state index is 11.8. The average Bonchev–Trinajstić information content (AvgIpc) is 3.25. The molecule has 118 valence electrons. The summed E-state index contributed by atoms with van der Waals surface area (Å²) in [6.07, 6.45) is 5.31. The minimum absolute atomic E-state index is 0.0361. The van der Waals surface area contributed by atoms with E-state index in [1.54, 1.807) is 0 Å². The van der Waals surface area contributed by atoms with Crippen LogP contribution in [0.3, 0.4) is 0 Å². The molecule has 2 fully saturated rings. The lowest BCUT2D eigenvalue weighted by Crippen LogP contribution is -2.33. The largest absolute Gasteiger partial charge is 0.484 e. The van der Waals surface area contributed by atoms with Gasteiger partial charge in [-0.25, -0.2) is 0 Å². The predicted molar refractivity (Wildman–Crippen MR) is 82.3 cm³/mol. The predicted octanol–water partition coefficient (Wildman–Crippen LogP) is 1.76. The molecule has 1 aromatic carbocycles. The molecule has 0 aromatic heterocycles. The van der Waals surface area contributed by atoms with Gasteiger partial charge in [0, 0.05) is 18.5 Å². The second-order valence-corrected chi connectivity index (χ2v) is 6.12. The Kier molecular flexibility index (Phi) is 4.61. The molecule has 2 aliphatic carbocycles. The number of carbonyl (C=O) groups excluding carboxylic acids is 2. The number of carbonyl (C=O) groups is 2. The van der Waals surface area contributed by atoms with Gasteiger partial charge in [-0.05, 0) is 43.4 Å². The van der Waals surface area contributed by atoms with Gasteiger partial charge in [0.25, 0.3) is 5.91 Å². The Morgan fingerprint density at radius 2 is 2.00 bits per heavy atom. The third-order valence-corrected chi connectivity index (χ3v) is 4.15. The highest BCUT2D eigenvalue weighted by atomic mass is 16.5. The van der Waals surface area contributed by atoms with E-state index in [2.05, 4.69) is 10.6 Å². The van der Waals surface area contributed by atoms with E-state index in [0.29, 0.717) is 18.3 Å². The molecular weight excluding hydrogens is 280 g/mol. The number of hydrogen-bond acceptors (Lipinski definition) is 3. The maximum Gasteiger partial charge on any atom is 0.258 e. The highest BCUT2D eigenvalue weighted by Gasteiger charge is 2.25. The van der Waals surface area contributed by atoms with Crippen molar-refractivity contribution in [1.82, 2.24) is 10.6 Å². The van der Waals surface area contributed by atoms with Crippen molar-refractivity contribution in [2.24, 2.45) is 5.92 Å². The number of hydrogen-bond donors (Lipinski definition) is 2. The molecule has 5 nitrogen and oxygen atoms in total. The topological polar surface area (TPSA) is 67.4 Å². The first-order chi connectivity index (χ1) is 10.7. The highest BCUT2D eigenvalue weighted by molar-refractivity contribution is 5.79. The van der Waals surface area contributed by atoms with Crippen LogP contribution in [0.5, 0.6) is 5.75 Å². The second kappa shape index (κ2) is 6.81. The monoisotopic (exact) mass is 302 g/mol. The average molecular weight is 302 g/mol. The van der Waals surface area contributed by atoms with Crippen molar-refractivity contribution in [3.8, 4) is 5.75 Å². The summed E-state index contributed by atoms with van der Waals surface area (Å²) >= 11 is 0. The van der Waals surface area contributed by atoms with Crippen LogP contribution in [0.25, 0.3) is 0 Å². The smallest absolute Gasteiger partial charge is 0.258 e. The summed E-state index contributed by atoms with van der Waals surface area (Å²) in [4.78, 5) is 23.4. The van der Waals surface area contributed by atoms with E-state index in [1.807, 2.05) is 24.3 Å². The SMILES string of the molecule is O=C(COc1cccc(CNC(=O)C2CCC2)c1)NC1CC1. The summed E-state index contributed by atoms with van der Waals surface area (Å²) < 4.78 is 5.50. The Morgan fingerprint density at radius 3 is 2.68 bits per heavy atom. The van der Waals surface area contributed by atoms with Crippen LogP contribution in [0.4, 0.5) is 0 Å². The highest BCUT2D eigenvalue weighted by Crippen LogP contribution is 2.26. The van der Waals surface area contributed by atoms with E-state index in [0.717, 1.165) is 37.7 Å². The number of nitrogens with one attached hydrogen (secondary N) is 2. The molecule has 0 aliphatic heterocycles. The molecule has 2 saturated carbocycles. The van der Waals surface area contributed by atoms with Crippen molar-refractivity contribution in [3.63, 3.8) is 0 Å². The molecule has 2 N–H and O–H groups in total. The fraction of sp³-hybridized carbons (Fsp3) is 0.529. The van der Waals surface area contributed by atoms with Gasteiger partial charge in [-0.1, -0.05) is 18.6 Å². The normalized spacial score (nSPS) is 17.5. The van der Waals surface area contributed by atoms with Crippen LogP contribution in [0.15, 0.2) is 24.3 Å². The van der Waals surface area contributed by atoms with Gasteiger partial charge >= 0.3 is 0 Å². The summed E-state index contributed by atoms with van der Waals surface area (Å²) in [5.41, 5.74) is 0.979. The van der Waals surface area contributed by atoms with Crippen molar-refractivity contribution in [2.75, 3.05) is 6.61 Å². The molecular formula is C17H22N2O3. The van der Waals surface area contributed by atoms with Crippen LogP contribution in [0.2, 0.25) is 0 Å². The van der Waals surface area contributed by atoms with Crippen molar-refractivity contribution < 1.29 is 14.3 Å². The van der Waals surface area contributed by atoms with Crippen molar-refractivity contribution in [2.45, 2.75) is 44.7 Å². The number of amides is 2. The number of ether oxygens (including phenoxy) is 1. The molecule has 1 aromatic rings. The van der Waals surface area contributed by atoms with Gasteiger partial charge < -0.3 is 15.4 Å². The first-order valence-corrected chi connectivity index (χ1v) is 7.99. The van der Waals surface area contributed by atoms with Crippen LogP contribution in [0, 0.1) is 5.92 Å². The zero-order valence-corrected chi connectivity index (χ0v) is 12.6. The zero-order chi connectivity index (χ0) is 15.4. The molecule has 0 spiro atoms. The third-order valence-electron chi connectivity index (χ3n) is 4.15. The molecule has 0 unspecified atom stereocenters. The Bertz CT molecular complexity index is 551. The molecule has 2 amide bonds. The quantitative estimate of drug-likeness (QED) is 0.806. The van der Waals surface area contributed by atoms with Crippen molar-refractivity contribution in [1.29, 1.82) is 0 Å². The standard InChI is InChI=1S/C17H22N2O3/c20-16(19-14-7-8-14)11-22-15-6-1-3-12(9-15)10-18-17(21)13-4-2-5-13/h1,3,6,9,13-14H,2,4-5,7-8,10-11H2,(H,18,21)(H,19,20). The lowest BCUT2D eigenvalue weighted by molar-refractivity contribution is -0.127. The van der Waals surface area contributed by atoms with Gasteiger partial charge in [-0.3, -0.25) is 9.59 Å². The number of benzene rings is 1. The molecule has 3 rings (SSSR count). The first kappa shape index (κ1) is 14.9. The van der Waals surface area contributed by atoms with Gasteiger partial charge in [0.05, 0.1) is 0 Å². The summed E-state index contributed by atoms with van der Waals surface area (Å²) in [6.45, 7) is 0.537. The van der Waals surface area contributed by atoms with Crippen LogP contribution in [-0.4, -0.2) is 24.5 Å². The summed E-state index contributed by atoms with van der Waals surface area (Å²) in [5.74, 6) is 0.916. The second-order valence-electron chi connectivity index (χ2n) is 6.12. The maximum absolute atomic E-state index is 11.8. The minimum Gasteiger partial charge on any atom is -0.484 e. The molecule has 0 heterocycles. The molecule has 0 bridgehead atoms. The van der Waals surface area contributed by atoms with E-state index in [1.165, 1.54) is 0 Å². The Hall–Kier alpha value is -2.04. The van der Waals surface area contributed by atoms with E-state index < -0.39 is 0 Å².